The number of aliphatic hydroxyl groups is 1. The average Bonchev–Trinajstić information content (AvgIpc) is 3.37. The first-order valence-electron chi connectivity index (χ1n) is 10.8. The third-order valence-electron chi connectivity index (χ3n) is 5.64. The van der Waals surface area contributed by atoms with Crippen molar-refractivity contribution in [1.82, 2.24) is 9.97 Å². The minimum absolute atomic E-state index is 0.01000. The van der Waals surface area contributed by atoms with Crippen molar-refractivity contribution in [2.45, 2.75) is 19.9 Å². The number of ketones is 1. The molecule has 1 fully saturated rings. The largest absolute Gasteiger partial charge is 0.507 e. The molecule has 1 aliphatic heterocycles. The van der Waals surface area contributed by atoms with Crippen molar-refractivity contribution in [2.24, 2.45) is 0 Å². The van der Waals surface area contributed by atoms with Crippen molar-refractivity contribution in [1.29, 1.82) is 0 Å². The maximum absolute atomic E-state index is 13.3. The van der Waals surface area contributed by atoms with Crippen LogP contribution in [0, 0.1) is 6.92 Å². The zero-order chi connectivity index (χ0) is 23.8. The van der Waals surface area contributed by atoms with Gasteiger partial charge < -0.3 is 9.84 Å². The molecule has 0 saturated carbocycles. The van der Waals surface area contributed by atoms with E-state index in [-0.39, 0.29) is 11.3 Å². The smallest absolute Gasteiger partial charge is 0.301 e. The van der Waals surface area contributed by atoms with E-state index in [0.29, 0.717) is 28.6 Å². The highest BCUT2D eigenvalue weighted by molar-refractivity contribution is 7.22. The third-order valence-corrected chi connectivity index (χ3v) is 6.66. The number of carbonyl (C=O) groups is 2. The van der Waals surface area contributed by atoms with E-state index >= 15 is 0 Å². The molecule has 170 valence electrons. The first-order valence-corrected chi connectivity index (χ1v) is 11.6. The standard InChI is InChI=1S/C26H21N3O4S/c1-3-33-18-7-5-17(6-8-18)23(30)21-22(16-10-12-27-13-11-16)29(25(32)24(21)31)26-28-19-9-4-15(2)14-20(19)34-26/h4-14,22,30H,3H2,1-2H3. The number of aryl methyl sites for hydroxylation is 1. The maximum atomic E-state index is 13.3. The fourth-order valence-corrected chi connectivity index (χ4v) is 5.14. The summed E-state index contributed by atoms with van der Waals surface area (Å²) in [6.07, 6.45) is 3.18. The molecule has 1 aliphatic rings. The molecule has 1 unspecified atom stereocenters. The van der Waals surface area contributed by atoms with E-state index in [4.69, 9.17) is 4.74 Å². The van der Waals surface area contributed by atoms with Crippen molar-refractivity contribution in [3.05, 3.63) is 89.3 Å². The predicted molar refractivity (Wildman–Crippen MR) is 131 cm³/mol. The van der Waals surface area contributed by atoms with E-state index < -0.39 is 17.7 Å². The number of nitrogens with zero attached hydrogens (tertiary/aromatic N) is 3. The Hall–Kier alpha value is -4.04. The number of anilines is 1. The van der Waals surface area contributed by atoms with Crippen molar-refractivity contribution in [2.75, 3.05) is 11.5 Å². The van der Waals surface area contributed by atoms with E-state index in [1.807, 2.05) is 32.0 Å². The lowest BCUT2D eigenvalue weighted by atomic mass is 9.96. The van der Waals surface area contributed by atoms with Crippen LogP contribution in [0.15, 0.2) is 72.6 Å². The van der Waals surface area contributed by atoms with Gasteiger partial charge in [-0.25, -0.2) is 4.98 Å². The van der Waals surface area contributed by atoms with Crippen LogP contribution in [0.5, 0.6) is 5.75 Å². The van der Waals surface area contributed by atoms with E-state index in [9.17, 15) is 14.7 Å². The molecule has 2 aromatic carbocycles. The summed E-state index contributed by atoms with van der Waals surface area (Å²) in [5, 5.41) is 11.6. The first-order chi connectivity index (χ1) is 16.5. The van der Waals surface area contributed by atoms with Crippen LogP contribution in [-0.4, -0.2) is 33.4 Å². The van der Waals surface area contributed by atoms with Gasteiger partial charge in [-0.1, -0.05) is 17.4 Å². The van der Waals surface area contributed by atoms with Crippen molar-refractivity contribution in [3.63, 3.8) is 0 Å². The Balaban J connectivity index is 1.67. The number of Topliss-reactive ketones (excluding diaryl/α,β-unsaturated/α-hetero) is 1. The SMILES string of the molecule is CCOc1ccc(C(O)=C2C(=O)C(=O)N(c3nc4ccc(C)cc4s3)C2c2ccncc2)cc1. The fourth-order valence-electron chi connectivity index (χ4n) is 4.04. The molecular formula is C26H21N3O4S. The average molecular weight is 472 g/mol. The molecule has 1 N–H and O–H groups in total. The Bertz CT molecular complexity index is 1430. The molecule has 0 radical (unpaired) electrons. The lowest BCUT2D eigenvalue weighted by Gasteiger charge is -2.22. The van der Waals surface area contributed by atoms with Crippen LogP contribution in [0.25, 0.3) is 16.0 Å². The highest BCUT2D eigenvalue weighted by Crippen LogP contribution is 2.44. The number of benzene rings is 2. The van der Waals surface area contributed by atoms with Gasteiger partial charge in [0.1, 0.15) is 11.5 Å². The Morgan fingerprint density at radius 2 is 1.82 bits per heavy atom. The molecule has 0 spiro atoms. The number of ether oxygens (including phenoxy) is 1. The summed E-state index contributed by atoms with van der Waals surface area (Å²) in [7, 11) is 0. The van der Waals surface area contributed by atoms with Crippen LogP contribution in [0.4, 0.5) is 5.13 Å². The van der Waals surface area contributed by atoms with Crippen LogP contribution in [0.1, 0.15) is 29.7 Å². The van der Waals surface area contributed by atoms with Gasteiger partial charge in [-0.15, -0.1) is 0 Å². The summed E-state index contributed by atoms with van der Waals surface area (Å²) >= 11 is 1.34. The van der Waals surface area contributed by atoms with E-state index in [1.54, 1.807) is 48.8 Å². The second kappa shape index (κ2) is 8.72. The number of aliphatic hydroxyl groups excluding tert-OH is 1. The van der Waals surface area contributed by atoms with Crippen LogP contribution in [0.3, 0.4) is 0 Å². The zero-order valence-electron chi connectivity index (χ0n) is 18.6. The second-order valence-electron chi connectivity index (χ2n) is 7.87. The van der Waals surface area contributed by atoms with Gasteiger partial charge in [0.2, 0.25) is 0 Å². The second-order valence-corrected chi connectivity index (χ2v) is 8.88. The van der Waals surface area contributed by atoms with E-state index in [2.05, 4.69) is 9.97 Å². The number of fused-ring (bicyclic) bond motifs is 1. The van der Waals surface area contributed by atoms with Crippen LogP contribution in [0.2, 0.25) is 0 Å². The zero-order valence-corrected chi connectivity index (χ0v) is 19.4. The molecule has 1 saturated heterocycles. The summed E-state index contributed by atoms with van der Waals surface area (Å²) in [6.45, 7) is 4.38. The Morgan fingerprint density at radius 1 is 1.09 bits per heavy atom. The molecule has 8 heteroatoms. The summed E-state index contributed by atoms with van der Waals surface area (Å²) < 4.78 is 6.38. The molecule has 7 nitrogen and oxygen atoms in total. The number of pyridine rings is 1. The Kier molecular flexibility index (Phi) is 5.59. The minimum Gasteiger partial charge on any atom is -0.507 e. The predicted octanol–water partition coefficient (Wildman–Crippen LogP) is 5.02. The van der Waals surface area contributed by atoms with E-state index in [0.717, 1.165) is 15.8 Å². The molecule has 0 aliphatic carbocycles. The minimum atomic E-state index is -0.837. The van der Waals surface area contributed by atoms with Gasteiger partial charge in [0.25, 0.3) is 5.78 Å². The van der Waals surface area contributed by atoms with Gasteiger partial charge in [-0.05, 0) is 73.5 Å². The van der Waals surface area contributed by atoms with Gasteiger partial charge >= 0.3 is 5.91 Å². The van der Waals surface area contributed by atoms with Gasteiger partial charge in [-0.2, -0.15) is 0 Å². The van der Waals surface area contributed by atoms with Crippen LogP contribution < -0.4 is 9.64 Å². The number of hydrogen-bond acceptors (Lipinski definition) is 7. The van der Waals surface area contributed by atoms with Crippen molar-refractivity contribution < 1.29 is 19.4 Å². The normalized spacial score (nSPS) is 17.5. The highest BCUT2D eigenvalue weighted by Gasteiger charge is 2.48. The monoisotopic (exact) mass is 471 g/mol. The number of carbonyl (C=O) groups excluding carboxylic acids is 2. The lowest BCUT2D eigenvalue weighted by molar-refractivity contribution is -0.132. The van der Waals surface area contributed by atoms with E-state index in [1.165, 1.54) is 16.2 Å². The molecular weight excluding hydrogens is 450 g/mol. The van der Waals surface area contributed by atoms with Gasteiger partial charge in [0.15, 0.2) is 5.13 Å². The summed E-state index contributed by atoms with van der Waals surface area (Å²) in [4.78, 5) is 36.6. The first kappa shape index (κ1) is 21.8. The van der Waals surface area contributed by atoms with Gasteiger partial charge in [0.05, 0.1) is 28.4 Å². The quantitative estimate of drug-likeness (QED) is 0.249. The number of amides is 1. The number of aromatic nitrogens is 2. The maximum Gasteiger partial charge on any atom is 0.301 e. The van der Waals surface area contributed by atoms with Gasteiger partial charge in [0, 0.05) is 18.0 Å². The Morgan fingerprint density at radius 3 is 2.53 bits per heavy atom. The summed E-state index contributed by atoms with van der Waals surface area (Å²) in [5.41, 5.74) is 2.90. The molecule has 1 atom stereocenters. The third kappa shape index (κ3) is 3.72. The number of thiazole rings is 1. The number of hydrogen-bond donors (Lipinski definition) is 1. The molecule has 0 bridgehead atoms. The summed E-state index contributed by atoms with van der Waals surface area (Å²) in [5.74, 6) is -1.09. The van der Waals surface area contributed by atoms with Gasteiger partial charge in [-0.3, -0.25) is 19.5 Å². The van der Waals surface area contributed by atoms with Crippen LogP contribution >= 0.6 is 11.3 Å². The molecule has 3 heterocycles. The molecule has 4 aromatic rings. The lowest BCUT2D eigenvalue weighted by Crippen LogP contribution is -2.29. The van der Waals surface area contributed by atoms with Crippen molar-refractivity contribution in [3.8, 4) is 5.75 Å². The molecule has 34 heavy (non-hydrogen) atoms. The molecule has 2 aromatic heterocycles. The highest BCUT2D eigenvalue weighted by atomic mass is 32.1. The topological polar surface area (TPSA) is 92.6 Å². The fraction of sp³-hybridized carbons (Fsp3) is 0.154. The van der Waals surface area contributed by atoms with Crippen LogP contribution in [-0.2, 0) is 9.59 Å². The molecule has 1 amide bonds. The molecule has 5 rings (SSSR count). The number of rotatable bonds is 5. The summed E-state index contributed by atoms with van der Waals surface area (Å²) in [6, 6.07) is 15.2. The van der Waals surface area contributed by atoms with Crippen molar-refractivity contribution >= 4 is 44.1 Å². The Labute approximate surface area is 200 Å².